The highest BCUT2D eigenvalue weighted by Crippen LogP contribution is 2.33. The fourth-order valence-corrected chi connectivity index (χ4v) is 15.6. The van der Waals surface area contributed by atoms with Crippen molar-refractivity contribution in [2.45, 2.75) is 132 Å². The van der Waals surface area contributed by atoms with Gasteiger partial charge in [-0.15, -0.1) is 0 Å². The third-order valence-electron chi connectivity index (χ3n) is 18.5. The number of aromatic nitrogens is 3. The number of hydrogen-bond donors (Lipinski definition) is 0. The Hall–Kier alpha value is -6.18. The van der Waals surface area contributed by atoms with Crippen LogP contribution < -0.4 is 41.5 Å². The molecule has 5 aliphatic heterocycles. The van der Waals surface area contributed by atoms with Gasteiger partial charge in [0.2, 0.25) is 85.6 Å². The third kappa shape index (κ3) is 22.7. The van der Waals surface area contributed by atoms with Gasteiger partial charge in [-0.3, -0.25) is 33.8 Å². The van der Waals surface area contributed by atoms with Gasteiger partial charge in [0.05, 0.1) is 44.8 Å². The number of likely N-dealkylation sites (N-methyl/N-ethyl adjacent to an activating group) is 5. The van der Waals surface area contributed by atoms with Gasteiger partial charge in [-0.2, -0.15) is 21.5 Å². The normalized spacial score (nSPS) is 22.8. The second-order valence-electron chi connectivity index (χ2n) is 25.8. The standard InChI is InChI=1S/C13H16BFN2O3S.C13H23BN2O3S.C13H17BN2O3S.C12H16BN3O3S.C11H15BN4O3S/c1-16(21(2,19)20)12-4-3-7-17(13(12)18)11-6-5-9(14)8-10(11)15;2*1-15(20(2,18)19)12-4-3-9-16(13(12)17)11-7-5-10(14)6-8-11;1-15(20(2,18)19)10-4-3-7-16(12(10)17)11-6-5-9(13)8-14-11;1-15(20(2,18)19)9-4-3-5-16(10(9)17)11-13-6-8(12)7-14-11/h5-6,8,12H,3-4,7H2,1-2H3;10-12H,3-9H2,1-2H3;5-8,12H,3-4,9H2,1-2H3;5-6,8,10H,3-4,7H2,1-2H3;6-7,9H,3-5H2,1-2H3. The summed E-state index contributed by atoms with van der Waals surface area (Å²) in [5, 5.41) is 0. The van der Waals surface area contributed by atoms with E-state index in [0.29, 0.717) is 93.3 Å². The first-order valence-electron chi connectivity index (χ1n) is 32.6. The molecule has 101 heavy (non-hydrogen) atoms. The molecule has 4 aromatic rings. The Morgan fingerprint density at radius 3 is 1.16 bits per heavy atom. The number of rotatable bonds is 15. The summed E-state index contributed by atoms with van der Waals surface area (Å²) in [6.45, 7) is 2.69. The van der Waals surface area contributed by atoms with Gasteiger partial charge in [-0.25, -0.2) is 61.4 Å². The molecule has 2 aromatic carbocycles. The maximum Gasteiger partial charge on any atom is 0.247 e. The minimum Gasteiger partial charge on any atom is -0.338 e. The molecule has 28 nitrogen and oxygen atoms in total. The van der Waals surface area contributed by atoms with Crippen LogP contribution in [-0.4, -0.2) is 288 Å². The van der Waals surface area contributed by atoms with Crippen LogP contribution in [0.2, 0.25) is 5.82 Å². The predicted octanol–water partition coefficient (Wildman–Crippen LogP) is -1.44. The quantitative estimate of drug-likeness (QED) is 0.123. The molecule has 1 saturated carbocycles. The van der Waals surface area contributed by atoms with Crippen LogP contribution in [0.1, 0.15) is 89.9 Å². The highest BCUT2D eigenvalue weighted by atomic mass is 32.2. The fourth-order valence-electron chi connectivity index (χ4n) is 12.3. The van der Waals surface area contributed by atoms with Crippen LogP contribution in [0, 0.1) is 5.82 Å². The minimum atomic E-state index is -3.49. The van der Waals surface area contributed by atoms with E-state index in [1.54, 1.807) is 41.3 Å². The number of nitrogens with zero attached hydrogens (tertiary/aromatic N) is 13. The molecular formula is C62H87B5FN13O15S5. The van der Waals surface area contributed by atoms with E-state index in [0.717, 1.165) is 112 Å². The Bertz CT molecular complexity index is 3900. The Labute approximate surface area is 601 Å². The van der Waals surface area contributed by atoms with Crippen molar-refractivity contribution in [2.75, 3.05) is 119 Å². The molecule has 6 fully saturated rings. The Kier molecular flexibility index (Phi) is 29.5. The summed E-state index contributed by atoms with van der Waals surface area (Å²) in [6, 6.07) is 11.3. The molecule has 6 aliphatic rings. The molecule has 0 bridgehead atoms. The van der Waals surface area contributed by atoms with Gasteiger partial charge in [-0.1, -0.05) is 64.8 Å². The molecule has 542 valence electrons. The molecule has 10 radical (unpaired) electrons. The number of carbonyl (C=O) groups is 5. The van der Waals surface area contributed by atoms with Crippen LogP contribution in [-0.2, 0) is 74.1 Å². The van der Waals surface area contributed by atoms with Crippen molar-refractivity contribution in [3.63, 3.8) is 0 Å². The van der Waals surface area contributed by atoms with Crippen LogP contribution in [0.25, 0.3) is 0 Å². The van der Waals surface area contributed by atoms with Crippen molar-refractivity contribution in [2.24, 2.45) is 0 Å². The molecule has 1 aliphatic carbocycles. The molecule has 10 rings (SSSR count). The number of anilines is 4. The van der Waals surface area contributed by atoms with Crippen LogP contribution >= 0.6 is 0 Å². The van der Waals surface area contributed by atoms with E-state index < -0.39 is 92.1 Å². The monoisotopic (exact) mass is 1490 g/mol. The molecule has 5 amide bonds. The number of hydrogen-bond acceptors (Lipinski definition) is 18. The van der Waals surface area contributed by atoms with Gasteiger partial charge in [0.25, 0.3) is 0 Å². The number of pyridine rings is 1. The van der Waals surface area contributed by atoms with E-state index in [-0.39, 0.29) is 52.6 Å². The summed E-state index contributed by atoms with van der Waals surface area (Å²) in [4.78, 5) is 82.2. The first-order valence-corrected chi connectivity index (χ1v) is 41.8. The van der Waals surface area contributed by atoms with Gasteiger partial charge in [0.15, 0.2) is 0 Å². The first-order chi connectivity index (χ1) is 46.9. The number of piperidine rings is 5. The average Bonchev–Trinajstić information content (AvgIpc) is 0.825. The zero-order valence-electron chi connectivity index (χ0n) is 58.6. The minimum absolute atomic E-state index is 0.0374. The topological polar surface area (TPSA) is 327 Å². The summed E-state index contributed by atoms with van der Waals surface area (Å²) in [5.41, 5.74) is 2.69. The fraction of sp³-hybridized carbons (Fsp3) is 0.581. The second-order valence-corrected chi connectivity index (χ2v) is 36.0. The maximum atomic E-state index is 14.0. The summed E-state index contributed by atoms with van der Waals surface area (Å²) in [5.74, 6) is -0.801. The molecule has 0 spiro atoms. The number of sulfonamides is 5. The van der Waals surface area contributed by atoms with E-state index in [1.165, 1.54) is 85.0 Å². The van der Waals surface area contributed by atoms with Crippen molar-refractivity contribution in [1.29, 1.82) is 0 Å². The highest BCUT2D eigenvalue weighted by molar-refractivity contribution is 7.89. The number of likely N-dealkylation sites (tertiary alicyclic amines) is 1. The van der Waals surface area contributed by atoms with Gasteiger partial charge in [0, 0.05) is 98.3 Å². The second kappa shape index (κ2) is 35.5. The smallest absolute Gasteiger partial charge is 0.247 e. The van der Waals surface area contributed by atoms with Gasteiger partial charge in [-0.05, 0) is 107 Å². The van der Waals surface area contributed by atoms with Gasteiger partial charge in [0.1, 0.15) is 73.2 Å². The molecule has 7 heterocycles. The van der Waals surface area contributed by atoms with Crippen LogP contribution in [0.4, 0.5) is 27.5 Å². The van der Waals surface area contributed by atoms with E-state index >= 15 is 0 Å². The Balaban J connectivity index is 0.000000199. The van der Waals surface area contributed by atoms with Crippen molar-refractivity contribution in [1.82, 2.24) is 41.4 Å². The van der Waals surface area contributed by atoms with E-state index in [2.05, 4.69) is 15.0 Å². The van der Waals surface area contributed by atoms with Crippen molar-refractivity contribution in [3.05, 3.63) is 79.0 Å². The van der Waals surface area contributed by atoms with Crippen LogP contribution in [0.3, 0.4) is 0 Å². The molecule has 5 saturated heterocycles. The van der Waals surface area contributed by atoms with E-state index in [1.807, 2.05) is 4.90 Å². The van der Waals surface area contributed by atoms with Crippen molar-refractivity contribution < 1.29 is 70.5 Å². The van der Waals surface area contributed by atoms with Crippen LogP contribution in [0.15, 0.2) is 73.2 Å². The lowest BCUT2D eigenvalue weighted by Crippen LogP contribution is -2.55. The summed E-state index contributed by atoms with van der Waals surface area (Å²) >= 11 is 0. The molecule has 39 heteroatoms. The van der Waals surface area contributed by atoms with E-state index in [9.17, 15) is 70.5 Å². The summed E-state index contributed by atoms with van der Waals surface area (Å²) in [6.07, 6.45) is 19.8. The third-order valence-corrected chi connectivity index (χ3v) is 25.0. The molecule has 5 unspecified atom stereocenters. The predicted molar refractivity (Wildman–Crippen MR) is 392 cm³/mol. The lowest BCUT2D eigenvalue weighted by Gasteiger charge is -2.42. The van der Waals surface area contributed by atoms with Gasteiger partial charge < -0.3 is 14.7 Å². The largest absolute Gasteiger partial charge is 0.338 e. The number of amides is 5. The summed E-state index contributed by atoms with van der Waals surface area (Å²) < 4.78 is 136. The molecule has 2 aromatic heterocycles. The molecule has 5 atom stereocenters. The number of benzene rings is 2. The van der Waals surface area contributed by atoms with E-state index in [4.69, 9.17) is 39.2 Å². The SMILES string of the molecule is [B]C1CCC(N2CCCC(N(C)S(C)(=O)=O)C2=O)CC1.[B]c1ccc(N2CCCC(N(C)S(C)(=O)=O)C2=O)c(F)c1.[B]c1ccc(N2CCCC(N(C)S(C)(=O)=O)C2=O)cc1.[B]c1ccc(N2CCCC(N(C)S(C)(=O)=O)C2=O)nc1.[B]c1cnc(N2CCCC(N(C)S(C)(=O)=O)C2=O)nc1. The maximum absolute atomic E-state index is 14.0. The highest BCUT2D eigenvalue weighted by Gasteiger charge is 2.42. The zero-order chi connectivity index (χ0) is 75.4. The zero-order valence-corrected chi connectivity index (χ0v) is 62.7. The molecule has 0 N–H and O–H groups in total. The van der Waals surface area contributed by atoms with Crippen LogP contribution in [0.5, 0.6) is 0 Å². The van der Waals surface area contributed by atoms with Gasteiger partial charge >= 0.3 is 0 Å². The first kappa shape index (κ1) is 83.8. The Morgan fingerprint density at radius 1 is 0.396 bits per heavy atom. The Morgan fingerprint density at radius 2 is 0.743 bits per heavy atom. The lowest BCUT2D eigenvalue weighted by atomic mass is 9.73. The lowest BCUT2D eigenvalue weighted by molar-refractivity contribution is -0.141. The van der Waals surface area contributed by atoms with Crippen molar-refractivity contribution in [3.8, 4) is 0 Å². The summed E-state index contributed by atoms with van der Waals surface area (Å²) in [7, 11) is 18.2. The average molecular weight is 1490 g/mol. The van der Waals surface area contributed by atoms with Crippen molar-refractivity contribution >= 4 is 164 Å². The number of halogens is 1. The molecular weight excluding hydrogens is 1400 g/mol. The number of carbonyl (C=O) groups excluding carboxylic acids is 5.